The van der Waals surface area contributed by atoms with Gasteiger partial charge in [0, 0.05) is 60.7 Å². The van der Waals surface area contributed by atoms with Crippen molar-refractivity contribution in [2.24, 2.45) is 16.8 Å². The maximum Gasteiger partial charge on any atom is 0.230 e. The number of pyridine rings is 1. The first-order valence-corrected chi connectivity index (χ1v) is 17.8. The van der Waals surface area contributed by atoms with Gasteiger partial charge in [-0.2, -0.15) is 0 Å². The summed E-state index contributed by atoms with van der Waals surface area (Å²) in [5, 5.41) is 0. The van der Waals surface area contributed by atoms with Gasteiger partial charge in [-0.1, -0.05) is 44.2 Å². The minimum atomic E-state index is -0.178. The standard InChI is InChI=1S/C39H48N6O2/c1-25(2)38(46)44-19-7-11-35(44)33-21-31(23-41-33)28-13-15-29(16-14-28)32-18-17-30(22-40-32)34-24-42-37(43-34)36-12-8-20-45(36)39(47)26(3)27-9-5-4-6-10-27/h4-6,9-10,17-18,22-26,28-29,35-36H,7-8,11-16,19-21H2,1-3H3,(H,42,43)/t26-,28?,29?,35+,36+/m1/s1. The summed E-state index contributed by atoms with van der Waals surface area (Å²) in [6, 6.07) is 14.5. The first-order valence-electron chi connectivity index (χ1n) is 17.8. The molecule has 3 fully saturated rings. The number of carbonyl (C=O) groups excluding carboxylic acids is 2. The summed E-state index contributed by atoms with van der Waals surface area (Å²) in [5.74, 6) is 2.18. The van der Waals surface area contributed by atoms with Crippen molar-refractivity contribution in [3.8, 4) is 11.3 Å². The molecule has 3 aliphatic heterocycles. The Bertz CT molecular complexity index is 1630. The smallest absolute Gasteiger partial charge is 0.230 e. The Morgan fingerprint density at radius 1 is 0.787 bits per heavy atom. The molecule has 0 unspecified atom stereocenters. The molecule has 1 saturated carbocycles. The number of likely N-dealkylation sites (tertiary alicyclic amines) is 2. The van der Waals surface area contributed by atoms with Crippen LogP contribution in [0.1, 0.15) is 114 Å². The molecule has 2 amide bonds. The first kappa shape index (κ1) is 31.5. The van der Waals surface area contributed by atoms with Crippen molar-refractivity contribution in [1.29, 1.82) is 0 Å². The molecule has 5 heterocycles. The highest BCUT2D eigenvalue weighted by Crippen LogP contribution is 2.41. The summed E-state index contributed by atoms with van der Waals surface area (Å²) >= 11 is 0. The zero-order valence-electron chi connectivity index (χ0n) is 28.1. The molecule has 47 heavy (non-hydrogen) atoms. The van der Waals surface area contributed by atoms with Crippen LogP contribution in [0.15, 0.2) is 71.6 Å². The largest absolute Gasteiger partial charge is 0.340 e. The molecule has 7 rings (SSSR count). The first-order chi connectivity index (χ1) is 22.9. The second-order valence-corrected chi connectivity index (χ2v) is 14.4. The molecule has 3 atom stereocenters. The molecule has 2 saturated heterocycles. The molecule has 1 aromatic carbocycles. The lowest BCUT2D eigenvalue weighted by molar-refractivity contribution is -0.134. The third kappa shape index (κ3) is 6.43. The van der Waals surface area contributed by atoms with Crippen LogP contribution in [-0.2, 0) is 9.59 Å². The number of hydrogen-bond acceptors (Lipinski definition) is 5. The van der Waals surface area contributed by atoms with Crippen LogP contribution in [0.4, 0.5) is 0 Å². The number of amides is 2. The van der Waals surface area contributed by atoms with Crippen molar-refractivity contribution in [3.63, 3.8) is 0 Å². The fourth-order valence-corrected chi connectivity index (χ4v) is 8.29. The number of imidazole rings is 1. The van der Waals surface area contributed by atoms with Crippen LogP contribution in [0.3, 0.4) is 0 Å². The second-order valence-electron chi connectivity index (χ2n) is 14.4. The van der Waals surface area contributed by atoms with E-state index in [0.29, 0.717) is 11.8 Å². The number of H-pyrrole nitrogens is 1. The van der Waals surface area contributed by atoms with Crippen molar-refractivity contribution in [3.05, 3.63) is 83.7 Å². The molecule has 0 spiro atoms. The molecule has 0 bridgehead atoms. The topological polar surface area (TPSA) is 94.5 Å². The quantitative estimate of drug-likeness (QED) is 0.277. The molecule has 3 aromatic rings. The van der Waals surface area contributed by atoms with Crippen LogP contribution >= 0.6 is 0 Å². The number of aliphatic imine (C=N–C) groups is 1. The van der Waals surface area contributed by atoms with Gasteiger partial charge in [0.1, 0.15) is 5.82 Å². The summed E-state index contributed by atoms with van der Waals surface area (Å²) in [4.78, 5) is 48.3. The zero-order chi connectivity index (χ0) is 32.5. The number of nitrogens with zero attached hydrogens (tertiary/aromatic N) is 5. The van der Waals surface area contributed by atoms with Crippen molar-refractivity contribution in [2.75, 3.05) is 13.1 Å². The molecule has 1 N–H and O–H groups in total. The number of carbonyl (C=O) groups is 2. The summed E-state index contributed by atoms with van der Waals surface area (Å²) in [6.45, 7) is 7.62. The third-order valence-electron chi connectivity index (χ3n) is 11.1. The minimum absolute atomic E-state index is 0.0269. The van der Waals surface area contributed by atoms with E-state index < -0.39 is 0 Å². The van der Waals surface area contributed by atoms with E-state index in [4.69, 9.17) is 15.0 Å². The normalized spacial score (nSPS) is 25.3. The molecule has 0 radical (unpaired) electrons. The Morgan fingerprint density at radius 2 is 1.49 bits per heavy atom. The number of allylic oxidation sites excluding steroid dienone is 1. The van der Waals surface area contributed by atoms with Gasteiger partial charge in [0.15, 0.2) is 0 Å². The molecule has 1 aliphatic carbocycles. The lowest BCUT2D eigenvalue weighted by Crippen LogP contribution is -2.42. The van der Waals surface area contributed by atoms with Crippen molar-refractivity contribution in [2.45, 2.75) is 102 Å². The van der Waals surface area contributed by atoms with Crippen LogP contribution in [-0.4, -0.2) is 61.4 Å². The number of aromatic nitrogens is 3. The van der Waals surface area contributed by atoms with E-state index in [-0.39, 0.29) is 35.7 Å². The SMILES string of the molecule is CC(C)C(=O)N1CCC[C@H]1C1=NC=C(C2CCC(c3ccc(-c4cnc([C@@H]5CCCN5C(=O)[C@H](C)c5ccccc5)[nH]4)cn3)CC2)C1. The van der Waals surface area contributed by atoms with Crippen LogP contribution in [0, 0.1) is 11.8 Å². The van der Waals surface area contributed by atoms with E-state index in [2.05, 4.69) is 28.2 Å². The zero-order valence-corrected chi connectivity index (χ0v) is 28.1. The molecule has 8 heteroatoms. The van der Waals surface area contributed by atoms with E-state index in [1.165, 1.54) is 17.0 Å². The van der Waals surface area contributed by atoms with E-state index >= 15 is 0 Å². The van der Waals surface area contributed by atoms with Gasteiger partial charge in [-0.05, 0) is 87.5 Å². The van der Waals surface area contributed by atoms with E-state index in [1.807, 2.05) is 68.4 Å². The van der Waals surface area contributed by atoms with E-state index in [1.54, 1.807) is 0 Å². The number of aromatic amines is 1. The fourth-order valence-electron chi connectivity index (χ4n) is 8.29. The minimum Gasteiger partial charge on any atom is -0.340 e. The highest BCUT2D eigenvalue weighted by Gasteiger charge is 2.37. The Balaban J connectivity index is 0.929. The monoisotopic (exact) mass is 632 g/mol. The number of nitrogens with one attached hydrogen (secondary N) is 1. The van der Waals surface area contributed by atoms with Gasteiger partial charge in [-0.3, -0.25) is 19.6 Å². The molecule has 8 nitrogen and oxygen atoms in total. The van der Waals surface area contributed by atoms with Crippen LogP contribution in [0.2, 0.25) is 0 Å². The lowest BCUT2D eigenvalue weighted by atomic mass is 9.76. The molecule has 4 aliphatic rings. The maximum atomic E-state index is 13.5. The average Bonchev–Trinajstić information content (AvgIpc) is 3.94. The maximum absolute atomic E-state index is 13.5. The van der Waals surface area contributed by atoms with Crippen molar-refractivity contribution < 1.29 is 9.59 Å². The van der Waals surface area contributed by atoms with Crippen LogP contribution < -0.4 is 0 Å². The average molecular weight is 633 g/mol. The highest BCUT2D eigenvalue weighted by molar-refractivity contribution is 5.97. The van der Waals surface area contributed by atoms with Gasteiger partial charge in [-0.15, -0.1) is 0 Å². The predicted octanol–water partition coefficient (Wildman–Crippen LogP) is 7.59. The van der Waals surface area contributed by atoms with Gasteiger partial charge < -0.3 is 14.8 Å². The van der Waals surface area contributed by atoms with E-state index in [9.17, 15) is 9.59 Å². The summed E-state index contributed by atoms with van der Waals surface area (Å²) in [5.41, 5.74) is 6.83. The molecule has 246 valence electrons. The van der Waals surface area contributed by atoms with E-state index in [0.717, 1.165) is 93.5 Å². The van der Waals surface area contributed by atoms with Crippen LogP contribution in [0.5, 0.6) is 0 Å². The lowest BCUT2D eigenvalue weighted by Gasteiger charge is -2.30. The number of benzene rings is 1. The predicted molar refractivity (Wildman–Crippen MR) is 185 cm³/mol. The summed E-state index contributed by atoms with van der Waals surface area (Å²) in [7, 11) is 0. The van der Waals surface area contributed by atoms with Crippen LogP contribution in [0.25, 0.3) is 11.3 Å². The van der Waals surface area contributed by atoms with Gasteiger partial charge >= 0.3 is 0 Å². The molecular weight excluding hydrogens is 584 g/mol. The van der Waals surface area contributed by atoms with Gasteiger partial charge in [-0.25, -0.2) is 4.98 Å². The summed E-state index contributed by atoms with van der Waals surface area (Å²) in [6.07, 6.45) is 15.5. The fraction of sp³-hybridized carbons (Fsp3) is 0.513. The van der Waals surface area contributed by atoms with Gasteiger partial charge in [0.2, 0.25) is 11.8 Å². The third-order valence-corrected chi connectivity index (χ3v) is 11.1. The summed E-state index contributed by atoms with van der Waals surface area (Å²) < 4.78 is 0. The second kappa shape index (κ2) is 13.6. The number of rotatable bonds is 8. The Kier molecular flexibility index (Phi) is 9.11. The van der Waals surface area contributed by atoms with Gasteiger partial charge in [0.05, 0.1) is 29.9 Å². The van der Waals surface area contributed by atoms with Crippen molar-refractivity contribution >= 4 is 17.5 Å². The molecular formula is C39H48N6O2. The highest BCUT2D eigenvalue weighted by atomic mass is 16.2. The van der Waals surface area contributed by atoms with Crippen molar-refractivity contribution in [1.82, 2.24) is 24.8 Å². The van der Waals surface area contributed by atoms with Gasteiger partial charge in [0.25, 0.3) is 0 Å². The Labute approximate surface area is 278 Å². The molecule has 2 aromatic heterocycles. The Hall–Kier alpha value is -4.07. The Morgan fingerprint density at radius 3 is 2.19 bits per heavy atom. The number of hydrogen-bond donors (Lipinski definition) is 1.